The summed E-state index contributed by atoms with van der Waals surface area (Å²) in [6, 6.07) is 19.7. The third-order valence-electron chi connectivity index (χ3n) is 5.69. The van der Waals surface area contributed by atoms with E-state index >= 15 is 0 Å². The summed E-state index contributed by atoms with van der Waals surface area (Å²) in [5.74, 6) is -1.44. The molecule has 1 aliphatic heterocycles. The molecule has 1 atom stereocenters. The molecule has 7 heteroatoms. The number of rotatable bonds is 7. The average molecular weight is 431 g/mol. The molecule has 1 aliphatic rings. The Morgan fingerprint density at radius 3 is 1.97 bits per heavy atom. The largest absolute Gasteiger partial charge is 0.480 e. The van der Waals surface area contributed by atoms with Gasteiger partial charge in [0.25, 0.3) is 5.91 Å². The average Bonchev–Trinajstić information content (AvgIpc) is 2.85. The van der Waals surface area contributed by atoms with Crippen LogP contribution in [0.2, 0.25) is 0 Å². The van der Waals surface area contributed by atoms with Crippen molar-refractivity contribution >= 4 is 23.3 Å². The van der Waals surface area contributed by atoms with Crippen LogP contribution >= 0.6 is 0 Å². The third-order valence-corrected chi connectivity index (χ3v) is 5.69. The molecule has 1 fully saturated rings. The first kappa shape index (κ1) is 21.4. The fourth-order valence-electron chi connectivity index (χ4n) is 3.89. The number of carbonyl (C=O) groups excluding carboxylic acids is 1. The molecular weight excluding hydrogens is 404 g/mol. The zero-order valence-corrected chi connectivity index (χ0v) is 17.7. The van der Waals surface area contributed by atoms with Gasteiger partial charge in [0.05, 0.1) is 0 Å². The first-order valence-electron chi connectivity index (χ1n) is 10.7. The quantitative estimate of drug-likeness (QED) is 0.600. The topological polar surface area (TPSA) is 85.8 Å². The summed E-state index contributed by atoms with van der Waals surface area (Å²) in [6.07, 6.45) is 3.85. The number of anilines is 2. The van der Waals surface area contributed by atoms with Crippen LogP contribution in [0.25, 0.3) is 0 Å². The first-order valence-corrected chi connectivity index (χ1v) is 10.7. The predicted molar refractivity (Wildman–Crippen MR) is 124 cm³/mol. The fourth-order valence-corrected chi connectivity index (χ4v) is 3.89. The number of hydrogen-bond donors (Lipinski definition) is 2. The number of hydrogen-bond acceptors (Lipinski definition) is 5. The van der Waals surface area contributed by atoms with E-state index in [-0.39, 0.29) is 12.3 Å². The van der Waals surface area contributed by atoms with Crippen LogP contribution in [0, 0.1) is 0 Å². The van der Waals surface area contributed by atoms with Gasteiger partial charge in [-0.05, 0) is 42.0 Å². The van der Waals surface area contributed by atoms with Gasteiger partial charge in [0.15, 0.2) is 0 Å². The minimum Gasteiger partial charge on any atom is -0.480 e. The summed E-state index contributed by atoms with van der Waals surface area (Å²) in [5, 5.41) is 12.2. The molecule has 0 saturated carbocycles. The standard InChI is InChI=1S/C25H26N4O3/c30-24(27-23(25(31)32)18-19-4-2-1-3-5-19)20-6-8-21(9-7-20)28-14-16-29(17-15-28)22-10-12-26-13-11-22/h1-13,23H,14-18H2,(H,27,30)(H,31,32)/t23-/m0/s1. The Labute approximate surface area is 187 Å². The highest BCUT2D eigenvalue weighted by Crippen LogP contribution is 2.20. The molecule has 0 spiro atoms. The zero-order valence-electron chi connectivity index (χ0n) is 17.7. The number of nitrogens with zero attached hydrogens (tertiary/aromatic N) is 3. The van der Waals surface area contributed by atoms with Crippen LogP contribution < -0.4 is 15.1 Å². The molecule has 0 radical (unpaired) electrons. The van der Waals surface area contributed by atoms with Crippen LogP contribution in [-0.2, 0) is 11.2 Å². The highest BCUT2D eigenvalue weighted by Gasteiger charge is 2.22. The van der Waals surface area contributed by atoms with E-state index < -0.39 is 12.0 Å². The number of nitrogens with one attached hydrogen (secondary N) is 1. The highest BCUT2D eigenvalue weighted by atomic mass is 16.4. The molecule has 2 heterocycles. The van der Waals surface area contributed by atoms with Gasteiger partial charge in [-0.1, -0.05) is 30.3 Å². The van der Waals surface area contributed by atoms with Crippen molar-refractivity contribution in [3.63, 3.8) is 0 Å². The summed E-state index contributed by atoms with van der Waals surface area (Å²) < 4.78 is 0. The molecule has 7 nitrogen and oxygen atoms in total. The number of carboxylic acids is 1. The van der Waals surface area contributed by atoms with Crippen molar-refractivity contribution in [3.05, 3.63) is 90.3 Å². The van der Waals surface area contributed by atoms with Gasteiger partial charge < -0.3 is 20.2 Å². The number of aliphatic carboxylic acids is 1. The van der Waals surface area contributed by atoms with Gasteiger partial charge >= 0.3 is 5.97 Å². The van der Waals surface area contributed by atoms with Crippen LogP contribution in [0.1, 0.15) is 15.9 Å². The third kappa shape index (κ3) is 5.24. The lowest BCUT2D eigenvalue weighted by molar-refractivity contribution is -0.139. The van der Waals surface area contributed by atoms with Gasteiger partial charge in [-0.2, -0.15) is 0 Å². The van der Waals surface area contributed by atoms with Crippen molar-refractivity contribution < 1.29 is 14.7 Å². The van der Waals surface area contributed by atoms with Gasteiger partial charge in [-0.3, -0.25) is 9.78 Å². The maximum absolute atomic E-state index is 12.6. The SMILES string of the molecule is O=C(N[C@@H](Cc1ccccc1)C(=O)O)c1ccc(N2CCN(c3ccncc3)CC2)cc1. The molecule has 3 aromatic rings. The van der Waals surface area contributed by atoms with Gasteiger partial charge in [0.2, 0.25) is 0 Å². The molecule has 1 saturated heterocycles. The number of amides is 1. The summed E-state index contributed by atoms with van der Waals surface area (Å²) in [4.78, 5) is 33.0. The smallest absolute Gasteiger partial charge is 0.326 e. The Kier molecular flexibility index (Phi) is 6.65. The van der Waals surface area contributed by atoms with Gasteiger partial charge in [0, 0.05) is 61.9 Å². The molecule has 2 N–H and O–H groups in total. The number of pyridine rings is 1. The molecule has 2 aromatic carbocycles. The van der Waals surface area contributed by atoms with Crippen molar-refractivity contribution in [3.8, 4) is 0 Å². The lowest BCUT2D eigenvalue weighted by atomic mass is 10.1. The van der Waals surface area contributed by atoms with Crippen LogP contribution in [0.5, 0.6) is 0 Å². The molecule has 4 rings (SSSR count). The monoisotopic (exact) mass is 430 g/mol. The molecule has 0 aliphatic carbocycles. The summed E-state index contributed by atoms with van der Waals surface area (Å²) in [6.45, 7) is 3.58. The minimum absolute atomic E-state index is 0.238. The maximum atomic E-state index is 12.6. The van der Waals surface area contributed by atoms with Gasteiger partial charge in [0.1, 0.15) is 6.04 Å². The van der Waals surface area contributed by atoms with E-state index in [4.69, 9.17) is 0 Å². The molecule has 0 bridgehead atoms. The second kappa shape index (κ2) is 9.96. The number of benzene rings is 2. The number of carboxylic acid groups (broad SMARTS) is 1. The summed E-state index contributed by atoms with van der Waals surface area (Å²) >= 11 is 0. The van der Waals surface area contributed by atoms with Gasteiger partial charge in [-0.25, -0.2) is 4.79 Å². The molecule has 1 aromatic heterocycles. The Bertz CT molecular complexity index is 1030. The fraction of sp³-hybridized carbons (Fsp3) is 0.240. The van der Waals surface area contributed by atoms with Crippen molar-refractivity contribution in [2.45, 2.75) is 12.5 Å². The molecule has 32 heavy (non-hydrogen) atoms. The van der Waals surface area contributed by atoms with Crippen molar-refractivity contribution in [2.75, 3.05) is 36.0 Å². The molecular formula is C25H26N4O3. The predicted octanol–water partition coefficient (Wildman–Crippen LogP) is 2.83. The summed E-state index contributed by atoms with van der Waals surface area (Å²) in [7, 11) is 0. The maximum Gasteiger partial charge on any atom is 0.326 e. The normalized spacial score (nSPS) is 14.6. The zero-order chi connectivity index (χ0) is 22.3. The van der Waals surface area contributed by atoms with Crippen LogP contribution in [0.15, 0.2) is 79.1 Å². The molecule has 0 unspecified atom stereocenters. The molecule has 164 valence electrons. The van der Waals surface area contributed by atoms with E-state index in [2.05, 4.69) is 20.1 Å². The van der Waals surface area contributed by atoms with E-state index in [1.165, 1.54) is 5.69 Å². The minimum atomic E-state index is -1.05. The van der Waals surface area contributed by atoms with Crippen molar-refractivity contribution in [1.29, 1.82) is 0 Å². The molecule has 1 amide bonds. The number of piperazine rings is 1. The van der Waals surface area contributed by atoms with Crippen molar-refractivity contribution in [2.24, 2.45) is 0 Å². The van der Waals surface area contributed by atoms with E-state index in [1.807, 2.05) is 54.6 Å². The summed E-state index contributed by atoms with van der Waals surface area (Å²) in [5.41, 5.74) is 3.54. The van der Waals surface area contributed by atoms with Gasteiger partial charge in [-0.15, -0.1) is 0 Å². The Morgan fingerprint density at radius 1 is 0.844 bits per heavy atom. The van der Waals surface area contributed by atoms with E-state index in [1.54, 1.807) is 24.5 Å². The van der Waals surface area contributed by atoms with Crippen LogP contribution in [0.4, 0.5) is 11.4 Å². The number of aromatic nitrogens is 1. The Hall–Kier alpha value is -3.87. The lowest BCUT2D eigenvalue weighted by Crippen LogP contribution is -2.46. The highest BCUT2D eigenvalue weighted by molar-refractivity contribution is 5.97. The van der Waals surface area contributed by atoms with E-state index in [9.17, 15) is 14.7 Å². The lowest BCUT2D eigenvalue weighted by Gasteiger charge is -2.37. The Morgan fingerprint density at radius 2 is 1.41 bits per heavy atom. The van der Waals surface area contributed by atoms with E-state index in [0.717, 1.165) is 37.4 Å². The van der Waals surface area contributed by atoms with E-state index in [0.29, 0.717) is 5.56 Å². The first-order chi connectivity index (χ1) is 15.6. The Balaban J connectivity index is 1.34. The van der Waals surface area contributed by atoms with Crippen LogP contribution in [0.3, 0.4) is 0 Å². The van der Waals surface area contributed by atoms with Crippen LogP contribution in [-0.4, -0.2) is 54.2 Å². The second-order valence-electron chi connectivity index (χ2n) is 7.78. The number of carbonyl (C=O) groups is 2. The van der Waals surface area contributed by atoms with Crippen molar-refractivity contribution in [1.82, 2.24) is 10.3 Å². The second-order valence-corrected chi connectivity index (χ2v) is 7.78.